The zero-order chi connectivity index (χ0) is 23.0. The highest BCUT2D eigenvalue weighted by Gasteiger charge is 2.74. The number of Topliss-reactive ketones (excluding diaryl/α,β-unsaturated/α-hetero) is 3. The highest BCUT2D eigenvalue weighted by molar-refractivity contribution is 6.36. The van der Waals surface area contributed by atoms with Crippen molar-refractivity contribution < 1.29 is 23.9 Å². The number of fused-ring (bicyclic) bond motifs is 2. The van der Waals surface area contributed by atoms with E-state index >= 15 is 0 Å². The largest absolute Gasteiger partial charge is 0.468 e. The van der Waals surface area contributed by atoms with E-state index in [4.69, 9.17) is 4.74 Å². The van der Waals surface area contributed by atoms with Crippen LogP contribution in [0.5, 0.6) is 0 Å². The molecule has 0 unspecified atom stereocenters. The molecule has 2 aliphatic rings. The van der Waals surface area contributed by atoms with E-state index in [0.29, 0.717) is 5.57 Å². The number of ketones is 3. The van der Waals surface area contributed by atoms with Gasteiger partial charge in [-0.3, -0.25) is 19.2 Å². The molecular weight excluding hydrogens is 392 g/mol. The maximum Gasteiger partial charge on any atom is 0.319 e. The van der Waals surface area contributed by atoms with Gasteiger partial charge in [0.25, 0.3) is 0 Å². The first-order chi connectivity index (χ1) is 14.6. The summed E-state index contributed by atoms with van der Waals surface area (Å²) in [4.78, 5) is 55.3. The summed E-state index contributed by atoms with van der Waals surface area (Å²) in [6, 6.07) is 8.32. The summed E-state index contributed by atoms with van der Waals surface area (Å²) >= 11 is 0. The molecule has 1 fully saturated rings. The van der Waals surface area contributed by atoms with Crippen molar-refractivity contribution in [3.05, 3.63) is 72.9 Å². The molecule has 0 aliphatic heterocycles. The zero-order valence-corrected chi connectivity index (χ0v) is 18.3. The Kier molecular flexibility index (Phi) is 5.74. The van der Waals surface area contributed by atoms with Crippen LogP contribution >= 0.6 is 0 Å². The molecule has 162 valence electrons. The number of rotatable bonds is 7. The number of carbonyl (C=O) groups is 4. The fourth-order valence-electron chi connectivity index (χ4n) is 5.37. The third-order valence-electron chi connectivity index (χ3n) is 7.08. The van der Waals surface area contributed by atoms with Crippen molar-refractivity contribution in [3.63, 3.8) is 0 Å². The average molecular weight is 421 g/mol. The maximum absolute atomic E-state index is 14.3. The number of esters is 1. The lowest BCUT2D eigenvalue weighted by Crippen LogP contribution is -2.69. The summed E-state index contributed by atoms with van der Waals surface area (Å²) in [5.74, 6) is -2.93. The maximum atomic E-state index is 14.3. The van der Waals surface area contributed by atoms with Crippen LogP contribution in [0.4, 0.5) is 0 Å². The molecule has 0 N–H and O–H groups in total. The average Bonchev–Trinajstić information content (AvgIpc) is 2.75. The van der Waals surface area contributed by atoms with Gasteiger partial charge in [0.15, 0.2) is 22.8 Å². The van der Waals surface area contributed by atoms with Crippen LogP contribution in [0, 0.1) is 22.2 Å². The first-order valence-electron chi connectivity index (χ1n) is 10.4. The van der Waals surface area contributed by atoms with Gasteiger partial charge in [-0.05, 0) is 36.2 Å². The topological polar surface area (TPSA) is 77.5 Å². The van der Waals surface area contributed by atoms with E-state index in [2.05, 4.69) is 13.2 Å². The minimum Gasteiger partial charge on any atom is -0.468 e. The second-order valence-electron chi connectivity index (χ2n) is 8.89. The SMILES string of the molecule is C=CCC1=C[C@H]2C[C@@](CC=C)(C(=O)OC)C(=O)[C@@](C(=O)c3ccccc3)(C1=O)C2(C)C. The number of allylic oxidation sites excluding steroid dienone is 4. The molecular formula is C26H28O5. The molecule has 0 radical (unpaired) electrons. The monoisotopic (exact) mass is 420 g/mol. The predicted octanol–water partition coefficient (Wildman–Crippen LogP) is 4.29. The molecule has 3 atom stereocenters. The van der Waals surface area contributed by atoms with Gasteiger partial charge in [-0.2, -0.15) is 0 Å². The lowest BCUT2D eigenvalue weighted by atomic mass is 9.40. The van der Waals surface area contributed by atoms with Crippen molar-refractivity contribution in [2.45, 2.75) is 33.1 Å². The van der Waals surface area contributed by atoms with Crippen molar-refractivity contribution >= 4 is 23.3 Å². The smallest absolute Gasteiger partial charge is 0.319 e. The Morgan fingerprint density at radius 1 is 1.13 bits per heavy atom. The van der Waals surface area contributed by atoms with Gasteiger partial charge in [0.05, 0.1) is 7.11 Å². The quantitative estimate of drug-likeness (QED) is 0.285. The second kappa shape index (κ2) is 7.88. The minimum atomic E-state index is -2.04. The second-order valence-corrected chi connectivity index (χ2v) is 8.89. The summed E-state index contributed by atoms with van der Waals surface area (Å²) in [7, 11) is 1.21. The van der Waals surface area contributed by atoms with Gasteiger partial charge < -0.3 is 4.74 Å². The molecule has 0 heterocycles. The van der Waals surface area contributed by atoms with Crippen molar-refractivity contribution in [1.82, 2.24) is 0 Å². The first kappa shape index (κ1) is 22.6. The lowest BCUT2D eigenvalue weighted by molar-refractivity contribution is -0.174. The molecule has 1 aromatic carbocycles. The number of benzene rings is 1. The Labute approximate surface area is 182 Å². The number of methoxy groups -OCH3 is 1. The molecule has 5 nitrogen and oxygen atoms in total. The van der Waals surface area contributed by atoms with Crippen LogP contribution in [-0.2, 0) is 19.1 Å². The van der Waals surface area contributed by atoms with Crippen LogP contribution in [0.3, 0.4) is 0 Å². The van der Waals surface area contributed by atoms with Crippen molar-refractivity contribution in [1.29, 1.82) is 0 Å². The summed E-state index contributed by atoms with van der Waals surface area (Å²) < 4.78 is 5.02. The number of ether oxygens (including phenoxy) is 1. The van der Waals surface area contributed by atoms with E-state index in [-0.39, 0.29) is 30.7 Å². The van der Waals surface area contributed by atoms with E-state index in [1.807, 2.05) is 6.08 Å². The molecule has 0 saturated heterocycles. The standard InChI is InChI=1S/C26H28O5/c1-6-11-18-15-19-16-25(14-7-2,23(30)31-5)22(29)26(21(18)28,24(19,3)4)20(27)17-12-9-8-10-13-17/h6-10,12-13,15,19H,1-2,11,14,16H2,3-5H3/t19-,25+,26+/m0/s1. The van der Waals surface area contributed by atoms with Crippen LogP contribution in [0.15, 0.2) is 67.3 Å². The van der Waals surface area contributed by atoms with Gasteiger partial charge in [0, 0.05) is 5.56 Å². The minimum absolute atomic E-state index is 0.00712. The molecule has 2 aliphatic carbocycles. The molecule has 0 aromatic heterocycles. The van der Waals surface area contributed by atoms with E-state index in [1.165, 1.54) is 13.2 Å². The van der Waals surface area contributed by atoms with Gasteiger partial charge in [-0.15, -0.1) is 13.2 Å². The highest BCUT2D eigenvalue weighted by Crippen LogP contribution is 2.63. The molecule has 31 heavy (non-hydrogen) atoms. The molecule has 5 heteroatoms. The Bertz CT molecular complexity index is 1000. The Hall–Kier alpha value is -3.08. The van der Waals surface area contributed by atoms with Crippen molar-refractivity contribution in [3.8, 4) is 0 Å². The van der Waals surface area contributed by atoms with Crippen LogP contribution in [-0.4, -0.2) is 30.4 Å². The van der Waals surface area contributed by atoms with E-state index in [1.54, 1.807) is 50.3 Å². The van der Waals surface area contributed by atoms with E-state index < -0.39 is 39.6 Å². The molecule has 1 saturated carbocycles. The zero-order valence-electron chi connectivity index (χ0n) is 18.3. The number of hydrogen-bond acceptors (Lipinski definition) is 5. The molecule has 0 amide bonds. The molecule has 1 aromatic rings. The van der Waals surface area contributed by atoms with E-state index in [9.17, 15) is 19.2 Å². The fourth-order valence-corrected chi connectivity index (χ4v) is 5.37. The Morgan fingerprint density at radius 3 is 2.32 bits per heavy atom. The van der Waals surface area contributed by atoms with Gasteiger partial charge in [-0.25, -0.2) is 0 Å². The first-order valence-corrected chi connectivity index (χ1v) is 10.4. The molecule has 2 bridgehead atoms. The predicted molar refractivity (Wildman–Crippen MR) is 117 cm³/mol. The van der Waals surface area contributed by atoms with Gasteiger partial charge in [-0.1, -0.05) is 62.4 Å². The fraction of sp³-hybridized carbons (Fsp3) is 0.385. The summed E-state index contributed by atoms with van der Waals surface area (Å²) in [5.41, 5.74) is -4.07. The Balaban J connectivity index is 2.40. The lowest BCUT2D eigenvalue weighted by Gasteiger charge is -2.57. The van der Waals surface area contributed by atoms with Crippen LogP contribution in [0.25, 0.3) is 0 Å². The summed E-state index contributed by atoms with van der Waals surface area (Å²) in [6.45, 7) is 11.0. The van der Waals surface area contributed by atoms with E-state index in [0.717, 1.165) is 0 Å². The van der Waals surface area contributed by atoms with Crippen LogP contribution in [0.1, 0.15) is 43.5 Å². The third kappa shape index (κ3) is 2.90. The summed E-state index contributed by atoms with van der Waals surface area (Å²) in [5, 5.41) is 0. The van der Waals surface area contributed by atoms with Crippen LogP contribution < -0.4 is 0 Å². The summed E-state index contributed by atoms with van der Waals surface area (Å²) in [6.07, 6.45) is 5.26. The molecule has 3 rings (SSSR count). The third-order valence-corrected chi connectivity index (χ3v) is 7.08. The molecule has 0 spiro atoms. The normalized spacial score (nSPS) is 29.0. The van der Waals surface area contributed by atoms with Gasteiger partial charge in [0.1, 0.15) is 5.41 Å². The highest BCUT2D eigenvalue weighted by atomic mass is 16.5. The Morgan fingerprint density at radius 2 is 1.77 bits per heavy atom. The van der Waals surface area contributed by atoms with Crippen molar-refractivity contribution in [2.75, 3.05) is 7.11 Å². The van der Waals surface area contributed by atoms with Gasteiger partial charge in [0.2, 0.25) is 0 Å². The number of hydrogen-bond donors (Lipinski definition) is 0. The van der Waals surface area contributed by atoms with Crippen LogP contribution in [0.2, 0.25) is 0 Å². The number of carbonyl (C=O) groups excluding carboxylic acids is 4. The van der Waals surface area contributed by atoms with Crippen molar-refractivity contribution in [2.24, 2.45) is 22.2 Å². The van der Waals surface area contributed by atoms with Gasteiger partial charge >= 0.3 is 5.97 Å².